The quantitative estimate of drug-likeness (QED) is 0.775. The van der Waals surface area contributed by atoms with Gasteiger partial charge in [-0.05, 0) is 37.1 Å². The van der Waals surface area contributed by atoms with Crippen LogP contribution in [-0.2, 0) is 6.42 Å². The van der Waals surface area contributed by atoms with E-state index in [0.29, 0.717) is 13.0 Å². The number of anilines is 1. The van der Waals surface area contributed by atoms with Crippen LogP contribution in [-0.4, -0.2) is 19.7 Å². The van der Waals surface area contributed by atoms with Crippen molar-refractivity contribution in [3.05, 3.63) is 23.8 Å². The first-order valence-corrected chi connectivity index (χ1v) is 5.72. The van der Waals surface area contributed by atoms with Gasteiger partial charge in [0.15, 0.2) is 0 Å². The molecule has 0 fully saturated rings. The standard InChI is InChI=1S/C13H16N2O/c1-2-16-12-4-5-13-11(10-12)6-9-15(13)8-3-7-14/h4-5,10H,2-3,6,8-9H2,1H3. The number of benzene rings is 1. The van der Waals surface area contributed by atoms with Crippen molar-refractivity contribution in [2.75, 3.05) is 24.6 Å². The lowest BCUT2D eigenvalue weighted by atomic mass is 10.1. The van der Waals surface area contributed by atoms with Crippen molar-refractivity contribution < 1.29 is 4.74 Å². The summed E-state index contributed by atoms with van der Waals surface area (Å²) in [7, 11) is 0. The summed E-state index contributed by atoms with van der Waals surface area (Å²) < 4.78 is 5.48. The maximum absolute atomic E-state index is 8.59. The summed E-state index contributed by atoms with van der Waals surface area (Å²) in [6, 6.07) is 8.42. The second-order valence-corrected chi connectivity index (χ2v) is 3.87. The third-order valence-electron chi connectivity index (χ3n) is 2.85. The maximum atomic E-state index is 8.59. The van der Waals surface area contributed by atoms with Crippen LogP contribution in [0.25, 0.3) is 0 Å². The second kappa shape index (κ2) is 4.89. The molecule has 0 N–H and O–H groups in total. The van der Waals surface area contributed by atoms with Crippen LogP contribution in [0, 0.1) is 11.3 Å². The molecule has 0 amide bonds. The van der Waals surface area contributed by atoms with Crippen molar-refractivity contribution in [2.45, 2.75) is 19.8 Å². The lowest BCUT2D eigenvalue weighted by molar-refractivity contribution is 0.340. The summed E-state index contributed by atoms with van der Waals surface area (Å²) in [4.78, 5) is 2.27. The Balaban J connectivity index is 2.13. The highest BCUT2D eigenvalue weighted by atomic mass is 16.5. The van der Waals surface area contributed by atoms with Crippen molar-refractivity contribution in [3.8, 4) is 11.8 Å². The first-order chi connectivity index (χ1) is 7.85. The monoisotopic (exact) mass is 216 g/mol. The Bertz CT molecular complexity index is 409. The Kier molecular flexibility index (Phi) is 3.31. The molecule has 16 heavy (non-hydrogen) atoms. The zero-order chi connectivity index (χ0) is 11.4. The van der Waals surface area contributed by atoms with Crippen LogP contribution in [0.15, 0.2) is 18.2 Å². The van der Waals surface area contributed by atoms with Crippen molar-refractivity contribution >= 4 is 5.69 Å². The van der Waals surface area contributed by atoms with Crippen molar-refractivity contribution in [1.82, 2.24) is 0 Å². The van der Waals surface area contributed by atoms with Crippen LogP contribution in [0.4, 0.5) is 5.69 Å². The molecule has 0 aliphatic carbocycles. The third kappa shape index (κ3) is 2.11. The van der Waals surface area contributed by atoms with Gasteiger partial charge in [0.2, 0.25) is 0 Å². The number of nitriles is 1. The molecule has 0 saturated carbocycles. The van der Waals surface area contributed by atoms with E-state index in [2.05, 4.69) is 23.1 Å². The van der Waals surface area contributed by atoms with Gasteiger partial charge in [0.05, 0.1) is 19.1 Å². The summed E-state index contributed by atoms with van der Waals surface area (Å²) >= 11 is 0. The zero-order valence-corrected chi connectivity index (χ0v) is 9.57. The van der Waals surface area contributed by atoms with Crippen molar-refractivity contribution in [3.63, 3.8) is 0 Å². The molecule has 3 heteroatoms. The Labute approximate surface area is 96.2 Å². The predicted molar refractivity (Wildman–Crippen MR) is 63.8 cm³/mol. The van der Waals surface area contributed by atoms with E-state index in [9.17, 15) is 0 Å². The molecule has 0 atom stereocenters. The number of fused-ring (bicyclic) bond motifs is 1. The first kappa shape index (κ1) is 10.8. The fraction of sp³-hybridized carbons (Fsp3) is 0.462. The number of hydrogen-bond acceptors (Lipinski definition) is 3. The highest BCUT2D eigenvalue weighted by Crippen LogP contribution is 2.31. The largest absolute Gasteiger partial charge is 0.494 e. The van der Waals surface area contributed by atoms with Gasteiger partial charge in [-0.15, -0.1) is 0 Å². The number of rotatable bonds is 4. The van der Waals surface area contributed by atoms with Crippen LogP contribution in [0.3, 0.4) is 0 Å². The number of nitrogens with zero attached hydrogens (tertiary/aromatic N) is 2. The average Bonchev–Trinajstić information content (AvgIpc) is 2.69. The lowest BCUT2D eigenvalue weighted by Gasteiger charge is -2.17. The fourth-order valence-corrected chi connectivity index (χ4v) is 2.12. The molecule has 1 aliphatic rings. The van der Waals surface area contributed by atoms with Crippen LogP contribution in [0.2, 0.25) is 0 Å². The second-order valence-electron chi connectivity index (χ2n) is 3.87. The van der Waals surface area contributed by atoms with Crippen LogP contribution in [0.5, 0.6) is 5.75 Å². The smallest absolute Gasteiger partial charge is 0.119 e. The van der Waals surface area contributed by atoms with Gasteiger partial charge in [0, 0.05) is 18.8 Å². The highest BCUT2D eigenvalue weighted by molar-refractivity contribution is 5.60. The lowest BCUT2D eigenvalue weighted by Crippen LogP contribution is -2.21. The molecule has 1 aromatic rings. The molecular formula is C13H16N2O. The van der Waals surface area contributed by atoms with Gasteiger partial charge in [-0.1, -0.05) is 0 Å². The molecule has 0 spiro atoms. The normalized spacial score (nSPS) is 13.4. The van der Waals surface area contributed by atoms with Gasteiger partial charge in [-0.25, -0.2) is 0 Å². The van der Waals surface area contributed by atoms with Crippen molar-refractivity contribution in [2.24, 2.45) is 0 Å². The van der Waals surface area contributed by atoms with Crippen LogP contribution in [0.1, 0.15) is 18.9 Å². The van der Waals surface area contributed by atoms with Gasteiger partial charge < -0.3 is 9.64 Å². The summed E-state index contributed by atoms with van der Waals surface area (Å²) in [5.74, 6) is 0.948. The Morgan fingerprint density at radius 3 is 3.12 bits per heavy atom. The average molecular weight is 216 g/mol. The van der Waals surface area contributed by atoms with Gasteiger partial charge >= 0.3 is 0 Å². The maximum Gasteiger partial charge on any atom is 0.119 e. The summed E-state index contributed by atoms with van der Waals surface area (Å²) in [6.07, 6.45) is 1.65. The summed E-state index contributed by atoms with van der Waals surface area (Å²) in [5, 5.41) is 8.59. The predicted octanol–water partition coefficient (Wildman–Crippen LogP) is 2.36. The molecule has 1 aromatic carbocycles. The Morgan fingerprint density at radius 2 is 2.38 bits per heavy atom. The minimum atomic E-state index is 0.590. The molecule has 0 saturated heterocycles. The van der Waals surface area contributed by atoms with Gasteiger partial charge in [-0.2, -0.15) is 5.26 Å². The summed E-state index contributed by atoms with van der Waals surface area (Å²) in [5.41, 5.74) is 2.60. The Morgan fingerprint density at radius 1 is 1.50 bits per heavy atom. The molecule has 1 aliphatic heterocycles. The van der Waals surface area contributed by atoms with E-state index in [4.69, 9.17) is 10.00 Å². The number of ether oxygens (including phenoxy) is 1. The minimum absolute atomic E-state index is 0.590. The summed E-state index contributed by atoms with van der Waals surface area (Å²) in [6.45, 7) is 4.55. The minimum Gasteiger partial charge on any atom is -0.494 e. The topological polar surface area (TPSA) is 36.3 Å². The molecule has 2 rings (SSSR count). The molecule has 0 unspecified atom stereocenters. The molecule has 3 nitrogen and oxygen atoms in total. The van der Waals surface area contributed by atoms with E-state index in [1.54, 1.807) is 0 Å². The first-order valence-electron chi connectivity index (χ1n) is 5.72. The van der Waals surface area contributed by atoms with E-state index in [0.717, 1.165) is 25.3 Å². The van der Waals surface area contributed by atoms with E-state index >= 15 is 0 Å². The van der Waals surface area contributed by atoms with Gasteiger partial charge in [0.25, 0.3) is 0 Å². The van der Waals surface area contributed by atoms with E-state index in [-0.39, 0.29) is 0 Å². The molecule has 0 radical (unpaired) electrons. The molecule has 84 valence electrons. The zero-order valence-electron chi connectivity index (χ0n) is 9.57. The Hall–Kier alpha value is -1.69. The van der Waals surface area contributed by atoms with Gasteiger partial charge in [0.1, 0.15) is 5.75 Å². The van der Waals surface area contributed by atoms with E-state index in [1.807, 2.05) is 13.0 Å². The molecule has 0 aromatic heterocycles. The van der Waals surface area contributed by atoms with Crippen LogP contribution < -0.4 is 9.64 Å². The molecule has 1 heterocycles. The third-order valence-corrected chi connectivity index (χ3v) is 2.85. The molecular weight excluding hydrogens is 200 g/mol. The van der Waals surface area contributed by atoms with Gasteiger partial charge in [-0.3, -0.25) is 0 Å². The fourth-order valence-electron chi connectivity index (χ4n) is 2.12. The van der Waals surface area contributed by atoms with Crippen molar-refractivity contribution in [1.29, 1.82) is 5.26 Å². The highest BCUT2D eigenvalue weighted by Gasteiger charge is 2.18. The van der Waals surface area contributed by atoms with E-state index in [1.165, 1.54) is 11.3 Å². The van der Waals surface area contributed by atoms with E-state index < -0.39 is 0 Å². The van der Waals surface area contributed by atoms with Crippen LogP contribution >= 0.6 is 0 Å². The SMILES string of the molecule is CCOc1ccc2c(c1)CCN2CCC#N. The number of hydrogen-bond donors (Lipinski definition) is 0. The molecule has 0 bridgehead atoms.